The number of anilines is 1. The predicted octanol–water partition coefficient (Wildman–Crippen LogP) is 2.27. The van der Waals surface area contributed by atoms with E-state index in [1.165, 1.54) is 0 Å². The Morgan fingerprint density at radius 1 is 1.50 bits per heavy atom. The molecular weight excluding hydrogens is 204 g/mol. The van der Waals surface area contributed by atoms with Gasteiger partial charge in [-0.25, -0.2) is 0 Å². The number of hydrogen-bond donors (Lipinski definition) is 2. The van der Waals surface area contributed by atoms with E-state index in [9.17, 15) is 4.79 Å². The highest BCUT2D eigenvalue weighted by Crippen LogP contribution is 2.32. The number of carbonyl (C=O) groups excluding carboxylic acids is 1. The number of aromatic nitrogens is 1. The summed E-state index contributed by atoms with van der Waals surface area (Å²) in [5, 5.41) is 8.98. The summed E-state index contributed by atoms with van der Waals surface area (Å²) < 4.78 is 0. The second-order valence-electron chi connectivity index (χ2n) is 4.18. The van der Waals surface area contributed by atoms with Gasteiger partial charge in [-0.05, 0) is 30.1 Å². The van der Waals surface area contributed by atoms with Crippen LogP contribution in [0.3, 0.4) is 0 Å². The van der Waals surface area contributed by atoms with Crippen LogP contribution in [0.1, 0.15) is 25.3 Å². The first-order valence-corrected chi connectivity index (χ1v) is 5.28. The van der Waals surface area contributed by atoms with Crippen molar-refractivity contribution in [1.82, 2.24) is 4.98 Å². The molecule has 0 amide bonds. The molecule has 1 aromatic rings. The molecule has 0 saturated carbocycles. The molecule has 2 rings (SSSR count). The Labute approximate surface area is 94.0 Å². The summed E-state index contributed by atoms with van der Waals surface area (Å²) in [5.74, 6) is 0.502. The molecule has 0 aliphatic heterocycles. The van der Waals surface area contributed by atoms with Crippen LogP contribution >= 0.6 is 0 Å². The number of nitrogens with one attached hydrogen (secondary N) is 1. The van der Waals surface area contributed by atoms with Crippen LogP contribution in [0.4, 0.5) is 5.69 Å². The molecule has 0 saturated heterocycles. The Bertz CT molecular complexity index is 440. The fraction of sp³-hybridized carbons (Fsp3) is 0.333. The lowest BCUT2D eigenvalue weighted by Crippen LogP contribution is -2.11. The quantitative estimate of drug-likeness (QED) is 0.747. The summed E-state index contributed by atoms with van der Waals surface area (Å²) in [6.07, 6.45) is 6.32. The summed E-state index contributed by atoms with van der Waals surface area (Å²) in [5.41, 5.74) is 4.45. The van der Waals surface area contributed by atoms with Crippen molar-refractivity contribution in [3.8, 4) is 0 Å². The average Bonchev–Trinajstić information content (AvgIpc) is 2.27. The minimum atomic E-state index is 0.148. The molecule has 1 atom stereocenters. The molecule has 84 valence electrons. The first-order valence-electron chi connectivity index (χ1n) is 5.28. The SMILES string of the molecule is CC1CC(=O)C=C(c2ccncc2NO)C1. The smallest absolute Gasteiger partial charge is 0.156 e. The predicted molar refractivity (Wildman–Crippen MR) is 61.0 cm³/mol. The van der Waals surface area contributed by atoms with Gasteiger partial charge in [0.15, 0.2) is 5.78 Å². The molecule has 2 N–H and O–H groups in total. The average molecular weight is 218 g/mol. The van der Waals surface area contributed by atoms with Gasteiger partial charge in [0.2, 0.25) is 0 Å². The van der Waals surface area contributed by atoms with Crippen molar-refractivity contribution in [3.63, 3.8) is 0 Å². The highest BCUT2D eigenvalue weighted by Gasteiger charge is 2.19. The largest absolute Gasteiger partial charge is 0.295 e. The Balaban J connectivity index is 2.40. The van der Waals surface area contributed by atoms with Gasteiger partial charge in [-0.1, -0.05) is 6.92 Å². The molecule has 1 aliphatic carbocycles. The van der Waals surface area contributed by atoms with Crippen molar-refractivity contribution in [2.75, 3.05) is 5.48 Å². The number of rotatable bonds is 2. The molecule has 0 spiro atoms. The van der Waals surface area contributed by atoms with E-state index < -0.39 is 0 Å². The second-order valence-corrected chi connectivity index (χ2v) is 4.18. The fourth-order valence-corrected chi connectivity index (χ4v) is 2.05. The van der Waals surface area contributed by atoms with E-state index in [0.717, 1.165) is 17.6 Å². The van der Waals surface area contributed by atoms with Crippen LogP contribution in [0.5, 0.6) is 0 Å². The molecule has 0 radical (unpaired) electrons. The van der Waals surface area contributed by atoms with Gasteiger partial charge in [-0.15, -0.1) is 0 Å². The number of pyridine rings is 1. The Kier molecular flexibility index (Phi) is 3.01. The Morgan fingerprint density at radius 3 is 3.00 bits per heavy atom. The molecule has 1 aliphatic rings. The number of ketones is 1. The third kappa shape index (κ3) is 2.12. The van der Waals surface area contributed by atoms with E-state index >= 15 is 0 Å². The molecule has 1 aromatic heterocycles. The van der Waals surface area contributed by atoms with Gasteiger partial charge in [0.25, 0.3) is 0 Å². The first kappa shape index (κ1) is 10.8. The third-order valence-corrected chi connectivity index (χ3v) is 2.74. The van der Waals surface area contributed by atoms with E-state index in [1.807, 2.05) is 0 Å². The molecule has 4 nitrogen and oxygen atoms in total. The van der Waals surface area contributed by atoms with Gasteiger partial charge in [0.1, 0.15) is 0 Å². The van der Waals surface area contributed by atoms with Crippen molar-refractivity contribution in [3.05, 3.63) is 30.1 Å². The van der Waals surface area contributed by atoms with Crippen LogP contribution in [0, 0.1) is 5.92 Å². The standard InChI is InChI=1S/C12H14N2O2/c1-8-4-9(6-10(15)5-8)11-2-3-13-7-12(11)14-16/h2-3,6-8,14,16H,4-5H2,1H3. The molecule has 1 heterocycles. The lowest BCUT2D eigenvalue weighted by molar-refractivity contribution is -0.115. The second kappa shape index (κ2) is 4.45. The number of nitrogens with zero attached hydrogens (tertiary/aromatic N) is 1. The minimum Gasteiger partial charge on any atom is -0.295 e. The molecule has 4 heteroatoms. The van der Waals surface area contributed by atoms with E-state index in [0.29, 0.717) is 18.0 Å². The van der Waals surface area contributed by atoms with Gasteiger partial charge in [0, 0.05) is 18.2 Å². The van der Waals surface area contributed by atoms with Gasteiger partial charge in [-0.2, -0.15) is 0 Å². The summed E-state index contributed by atoms with van der Waals surface area (Å²) in [6.45, 7) is 2.05. The molecular formula is C12H14N2O2. The van der Waals surface area contributed by atoms with Crippen LogP contribution in [0.2, 0.25) is 0 Å². The molecule has 0 bridgehead atoms. The lowest BCUT2D eigenvalue weighted by Gasteiger charge is -2.19. The number of allylic oxidation sites excluding steroid dienone is 2. The van der Waals surface area contributed by atoms with Gasteiger partial charge in [-0.3, -0.25) is 20.5 Å². The van der Waals surface area contributed by atoms with Crippen molar-refractivity contribution in [2.45, 2.75) is 19.8 Å². The van der Waals surface area contributed by atoms with E-state index in [-0.39, 0.29) is 5.78 Å². The highest BCUT2D eigenvalue weighted by atomic mass is 16.5. The molecule has 0 aromatic carbocycles. The van der Waals surface area contributed by atoms with E-state index in [2.05, 4.69) is 17.4 Å². The molecule has 16 heavy (non-hydrogen) atoms. The Hall–Kier alpha value is -1.68. The monoisotopic (exact) mass is 218 g/mol. The summed E-state index contributed by atoms with van der Waals surface area (Å²) in [7, 11) is 0. The summed E-state index contributed by atoms with van der Waals surface area (Å²) >= 11 is 0. The van der Waals surface area contributed by atoms with Crippen LogP contribution in [-0.4, -0.2) is 16.0 Å². The van der Waals surface area contributed by atoms with Crippen LogP contribution in [0.25, 0.3) is 5.57 Å². The fourth-order valence-electron chi connectivity index (χ4n) is 2.05. The van der Waals surface area contributed by atoms with Crippen molar-refractivity contribution in [2.24, 2.45) is 5.92 Å². The molecule has 1 unspecified atom stereocenters. The zero-order valence-corrected chi connectivity index (χ0v) is 9.10. The summed E-state index contributed by atoms with van der Waals surface area (Å²) in [4.78, 5) is 15.4. The van der Waals surface area contributed by atoms with E-state index in [4.69, 9.17) is 5.21 Å². The highest BCUT2D eigenvalue weighted by molar-refractivity contribution is 5.99. The van der Waals surface area contributed by atoms with Gasteiger partial charge >= 0.3 is 0 Å². The van der Waals surface area contributed by atoms with Crippen LogP contribution < -0.4 is 5.48 Å². The minimum absolute atomic E-state index is 0.148. The van der Waals surface area contributed by atoms with Gasteiger partial charge < -0.3 is 0 Å². The lowest BCUT2D eigenvalue weighted by atomic mass is 9.86. The first-order chi connectivity index (χ1) is 7.70. The zero-order chi connectivity index (χ0) is 11.5. The maximum absolute atomic E-state index is 11.5. The van der Waals surface area contributed by atoms with Crippen molar-refractivity contribution >= 4 is 17.0 Å². The van der Waals surface area contributed by atoms with Crippen molar-refractivity contribution in [1.29, 1.82) is 0 Å². The third-order valence-electron chi connectivity index (χ3n) is 2.74. The summed E-state index contributed by atoms with van der Waals surface area (Å²) in [6, 6.07) is 1.80. The maximum atomic E-state index is 11.5. The normalized spacial score (nSPS) is 20.5. The van der Waals surface area contributed by atoms with E-state index in [1.54, 1.807) is 24.5 Å². The zero-order valence-electron chi connectivity index (χ0n) is 9.10. The van der Waals surface area contributed by atoms with Crippen LogP contribution in [0.15, 0.2) is 24.5 Å². The maximum Gasteiger partial charge on any atom is 0.156 e. The van der Waals surface area contributed by atoms with Crippen LogP contribution in [-0.2, 0) is 4.79 Å². The van der Waals surface area contributed by atoms with Crippen molar-refractivity contribution < 1.29 is 10.0 Å². The Morgan fingerprint density at radius 2 is 2.31 bits per heavy atom. The number of carbonyl (C=O) groups is 1. The molecule has 0 fully saturated rings. The van der Waals surface area contributed by atoms with Gasteiger partial charge in [0.05, 0.1) is 11.9 Å². The number of hydrogen-bond acceptors (Lipinski definition) is 4. The topological polar surface area (TPSA) is 62.2 Å².